The fourth-order valence-electron chi connectivity index (χ4n) is 3.00. The maximum atomic E-state index is 11.8. The molecule has 1 aliphatic rings. The number of hydrogen-bond acceptors (Lipinski definition) is 2. The van der Waals surface area contributed by atoms with Gasteiger partial charge in [0.05, 0.1) is 0 Å². The third-order valence-electron chi connectivity index (χ3n) is 4.83. The molecule has 0 bridgehead atoms. The van der Waals surface area contributed by atoms with E-state index in [1.54, 1.807) is 6.08 Å². The van der Waals surface area contributed by atoms with Gasteiger partial charge in [0.1, 0.15) is 0 Å². The van der Waals surface area contributed by atoms with Gasteiger partial charge in [-0.05, 0) is 49.0 Å². The number of aryl methyl sites for hydroxylation is 1. The highest BCUT2D eigenvalue weighted by atomic mass is 32.1. The van der Waals surface area contributed by atoms with Crippen LogP contribution >= 0.6 is 12.2 Å². The van der Waals surface area contributed by atoms with Crippen LogP contribution in [-0.2, 0) is 4.79 Å². The quantitative estimate of drug-likeness (QED) is 0.447. The van der Waals surface area contributed by atoms with Crippen LogP contribution in [0.5, 0.6) is 0 Å². The SMILES string of the molecule is Cc1ccc(/C=C/C(=O)NNC(=S)N[C@H]2CCC[C@@H](C)[C@@H]2C)cc1. The number of carbonyl (C=O) groups excluding carboxylic acids is 1. The van der Waals surface area contributed by atoms with Crippen molar-refractivity contribution in [2.75, 3.05) is 0 Å². The molecule has 0 unspecified atom stereocenters. The minimum absolute atomic E-state index is 0.232. The van der Waals surface area contributed by atoms with Crippen molar-refractivity contribution in [3.63, 3.8) is 0 Å². The summed E-state index contributed by atoms with van der Waals surface area (Å²) in [6.45, 7) is 6.58. The van der Waals surface area contributed by atoms with Gasteiger partial charge >= 0.3 is 0 Å². The predicted molar refractivity (Wildman–Crippen MR) is 103 cm³/mol. The number of benzene rings is 1. The fourth-order valence-corrected chi connectivity index (χ4v) is 3.20. The molecule has 3 N–H and O–H groups in total. The van der Waals surface area contributed by atoms with Crippen LogP contribution in [0.15, 0.2) is 30.3 Å². The van der Waals surface area contributed by atoms with Crippen LogP contribution in [-0.4, -0.2) is 17.1 Å². The number of amides is 1. The predicted octanol–water partition coefficient (Wildman–Crippen LogP) is 3.33. The normalized spacial score (nSPS) is 23.7. The van der Waals surface area contributed by atoms with Crippen molar-refractivity contribution in [2.45, 2.75) is 46.1 Å². The fraction of sp³-hybridized carbons (Fsp3) is 0.474. The van der Waals surface area contributed by atoms with Crippen LogP contribution in [0.4, 0.5) is 0 Å². The Morgan fingerprint density at radius 1 is 1.17 bits per heavy atom. The van der Waals surface area contributed by atoms with E-state index in [1.807, 2.05) is 31.2 Å². The highest BCUT2D eigenvalue weighted by Gasteiger charge is 2.27. The van der Waals surface area contributed by atoms with Crippen LogP contribution < -0.4 is 16.2 Å². The van der Waals surface area contributed by atoms with Gasteiger partial charge in [0.15, 0.2) is 5.11 Å². The molecule has 1 saturated carbocycles. The highest BCUT2D eigenvalue weighted by Crippen LogP contribution is 2.29. The molecule has 1 amide bonds. The summed E-state index contributed by atoms with van der Waals surface area (Å²) in [5.41, 5.74) is 7.56. The van der Waals surface area contributed by atoms with E-state index in [1.165, 1.54) is 24.5 Å². The molecule has 1 aromatic carbocycles. The maximum Gasteiger partial charge on any atom is 0.262 e. The van der Waals surface area contributed by atoms with Gasteiger partial charge in [0.2, 0.25) is 0 Å². The molecule has 24 heavy (non-hydrogen) atoms. The molecular formula is C19H27N3OS. The molecule has 0 radical (unpaired) electrons. The van der Waals surface area contributed by atoms with Crippen molar-refractivity contribution >= 4 is 29.3 Å². The van der Waals surface area contributed by atoms with Gasteiger partial charge in [0, 0.05) is 12.1 Å². The Balaban J connectivity index is 1.74. The number of thiocarbonyl (C=S) groups is 1. The van der Waals surface area contributed by atoms with Crippen molar-refractivity contribution in [2.24, 2.45) is 11.8 Å². The summed E-state index contributed by atoms with van der Waals surface area (Å²) >= 11 is 5.28. The van der Waals surface area contributed by atoms with Crippen LogP contribution in [0, 0.1) is 18.8 Å². The van der Waals surface area contributed by atoms with E-state index in [4.69, 9.17) is 12.2 Å². The molecule has 0 aromatic heterocycles. The van der Waals surface area contributed by atoms with Gasteiger partial charge in [0.25, 0.3) is 5.91 Å². The van der Waals surface area contributed by atoms with Gasteiger partial charge in [-0.15, -0.1) is 0 Å². The van der Waals surface area contributed by atoms with Crippen LogP contribution in [0.3, 0.4) is 0 Å². The summed E-state index contributed by atoms with van der Waals surface area (Å²) in [5.74, 6) is 1.05. The van der Waals surface area contributed by atoms with Gasteiger partial charge in [-0.3, -0.25) is 15.6 Å². The van der Waals surface area contributed by atoms with E-state index in [9.17, 15) is 4.79 Å². The summed E-state index contributed by atoms with van der Waals surface area (Å²) in [6.07, 6.45) is 6.88. The summed E-state index contributed by atoms with van der Waals surface area (Å²) in [4.78, 5) is 11.8. The summed E-state index contributed by atoms with van der Waals surface area (Å²) in [7, 11) is 0. The van der Waals surface area contributed by atoms with Crippen LogP contribution in [0.25, 0.3) is 6.08 Å². The molecule has 1 aliphatic carbocycles. The zero-order chi connectivity index (χ0) is 17.5. The van der Waals surface area contributed by atoms with Crippen molar-refractivity contribution in [3.8, 4) is 0 Å². The third kappa shape index (κ3) is 5.64. The Morgan fingerprint density at radius 2 is 1.88 bits per heavy atom. The van der Waals surface area contributed by atoms with Crippen molar-refractivity contribution < 1.29 is 4.79 Å². The Hall–Kier alpha value is -1.88. The monoisotopic (exact) mass is 345 g/mol. The number of nitrogens with one attached hydrogen (secondary N) is 3. The zero-order valence-electron chi connectivity index (χ0n) is 14.6. The number of hydrogen-bond donors (Lipinski definition) is 3. The second-order valence-corrected chi connectivity index (χ2v) is 7.11. The molecule has 130 valence electrons. The topological polar surface area (TPSA) is 53.2 Å². The van der Waals surface area contributed by atoms with Crippen LogP contribution in [0.1, 0.15) is 44.2 Å². The van der Waals surface area contributed by atoms with Gasteiger partial charge < -0.3 is 5.32 Å². The molecule has 0 saturated heterocycles. The second kappa shape index (κ2) is 8.83. The highest BCUT2D eigenvalue weighted by molar-refractivity contribution is 7.80. The first-order chi connectivity index (χ1) is 11.5. The van der Waals surface area contributed by atoms with Gasteiger partial charge in [-0.25, -0.2) is 0 Å². The molecule has 0 heterocycles. The standard InChI is InChI=1S/C19H27N3OS/c1-13-7-9-16(10-8-13)11-12-18(23)21-22-19(24)20-17-6-4-5-14(2)15(17)3/h7-12,14-15,17H,4-6H2,1-3H3,(H,21,23)(H2,20,22,24)/b12-11+/t14-,15+,17+/m1/s1. The molecule has 1 aromatic rings. The molecule has 5 heteroatoms. The molecule has 3 atom stereocenters. The summed E-state index contributed by atoms with van der Waals surface area (Å²) < 4.78 is 0. The Bertz CT molecular complexity index is 597. The Kier molecular flexibility index (Phi) is 6.79. The smallest absolute Gasteiger partial charge is 0.262 e. The first kappa shape index (κ1) is 18.5. The average Bonchev–Trinajstić information content (AvgIpc) is 2.56. The van der Waals surface area contributed by atoms with E-state index in [0.717, 1.165) is 12.0 Å². The lowest BCUT2D eigenvalue weighted by Crippen LogP contribution is -2.52. The van der Waals surface area contributed by atoms with E-state index < -0.39 is 0 Å². The summed E-state index contributed by atoms with van der Waals surface area (Å²) in [6, 6.07) is 8.35. The van der Waals surface area contributed by atoms with Crippen LogP contribution in [0.2, 0.25) is 0 Å². The first-order valence-corrected chi connectivity index (χ1v) is 8.98. The van der Waals surface area contributed by atoms with Crippen molar-refractivity contribution in [1.29, 1.82) is 0 Å². The number of hydrazine groups is 1. The Labute approximate surface area is 150 Å². The molecule has 2 rings (SSSR count). The van der Waals surface area contributed by atoms with Crippen molar-refractivity contribution in [3.05, 3.63) is 41.5 Å². The molecule has 0 aliphatic heterocycles. The molecule has 1 fully saturated rings. The minimum Gasteiger partial charge on any atom is -0.358 e. The minimum atomic E-state index is -0.232. The lowest BCUT2D eigenvalue weighted by molar-refractivity contribution is -0.116. The Morgan fingerprint density at radius 3 is 2.58 bits per heavy atom. The van der Waals surface area contributed by atoms with E-state index >= 15 is 0 Å². The molecule has 4 nitrogen and oxygen atoms in total. The third-order valence-corrected chi connectivity index (χ3v) is 5.05. The summed E-state index contributed by atoms with van der Waals surface area (Å²) in [5, 5.41) is 3.79. The van der Waals surface area contributed by atoms with E-state index in [-0.39, 0.29) is 5.91 Å². The van der Waals surface area contributed by atoms with Crippen molar-refractivity contribution in [1.82, 2.24) is 16.2 Å². The first-order valence-electron chi connectivity index (χ1n) is 8.57. The number of carbonyl (C=O) groups is 1. The maximum absolute atomic E-state index is 11.8. The average molecular weight is 346 g/mol. The second-order valence-electron chi connectivity index (χ2n) is 6.71. The largest absolute Gasteiger partial charge is 0.358 e. The zero-order valence-corrected chi connectivity index (χ0v) is 15.5. The lowest BCUT2D eigenvalue weighted by Gasteiger charge is -2.35. The van der Waals surface area contributed by atoms with Gasteiger partial charge in [-0.1, -0.05) is 56.5 Å². The lowest BCUT2D eigenvalue weighted by atomic mass is 9.78. The number of rotatable bonds is 3. The van der Waals surface area contributed by atoms with E-state index in [2.05, 4.69) is 30.0 Å². The molecule has 0 spiro atoms. The van der Waals surface area contributed by atoms with E-state index in [0.29, 0.717) is 23.0 Å². The molecular weight excluding hydrogens is 318 g/mol. The van der Waals surface area contributed by atoms with Gasteiger partial charge in [-0.2, -0.15) is 0 Å².